The molecule has 17 heavy (non-hydrogen) atoms. The minimum atomic E-state index is -0.791. The standard InChI is InChI=1S/C12H11F2NO2/c1-6(2)10-12(16)17-11(15-10)9-7(13)4-3-5-8(9)14/h3-6,10H,1-2H3. The van der Waals surface area contributed by atoms with Crippen LogP contribution in [0.1, 0.15) is 19.4 Å². The van der Waals surface area contributed by atoms with E-state index >= 15 is 0 Å². The first-order valence-corrected chi connectivity index (χ1v) is 5.24. The van der Waals surface area contributed by atoms with E-state index < -0.39 is 23.6 Å². The van der Waals surface area contributed by atoms with Crippen LogP contribution in [0, 0.1) is 17.6 Å². The molecule has 90 valence electrons. The number of rotatable bonds is 2. The van der Waals surface area contributed by atoms with Crippen molar-refractivity contribution in [2.24, 2.45) is 10.9 Å². The zero-order chi connectivity index (χ0) is 12.6. The molecule has 1 heterocycles. The number of nitrogens with zero attached hydrogens (tertiary/aromatic N) is 1. The van der Waals surface area contributed by atoms with Crippen LogP contribution in [-0.2, 0) is 9.53 Å². The molecule has 1 unspecified atom stereocenters. The largest absolute Gasteiger partial charge is 0.405 e. The molecule has 0 fully saturated rings. The van der Waals surface area contributed by atoms with Crippen molar-refractivity contribution in [1.82, 2.24) is 0 Å². The summed E-state index contributed by atoms with van der Waals surface area (Å²) in [4.78, 5) is 15.4. The number of ether oxygens (including phenoxy) is 1. The van der Waals surface area contributed by atoms with Crippen LogP contribution >= 0.6 is 0 Å². The number of cyclic esters (lactones) is 1. The highest BCUT2D eigenvalue weighted by molar-refractivity contribution is 6.06. The van der Waals surface area contributed by atoms with Crippen molar-refractivity contribution in [3.63, 3.8) is 0 Å². The van der Waals surface area contributed by atoms with Crippen LogP contribution in [0.25, 0.3) is 0 Å². The molecule has 0 radical (unpaired) electrons. The molecule has 2 rings (SSSR count). The minimum Gasteiger partial charge on any atom is -0.405 e. The highest BCUT2D eigenvalue weighted by Crippen LogP contribution is 2.22. The summed E-state index contributed by atoms with van der Waals surface area (Å²) in [6, 6.07) is 2.74. The summed E-state index contributed by atoms with van der Waals surface area (Å²) in [6.07, 6.45) is 0. The van der Waals surface area contributed by atoms with Gasteiger partial charge < -0.3 is 4.74 Å². The fourth-order valence-electron chi connectivity index (χ4n) is 1.60. The first kappa shape index (κ1) is 11.7. The average Bonchev–Trinajstić information content (AvgIpc) is 2.60. The zero-order valence-electron chi connectivity index (χ0n) is 9.41. The summed E-state index contributed by atoms with van der Waals surface area (Å²) in [5, 5.41) is 0. The maximum Gasteiger partial charge on any atom is 0.338 e. The molecular formula is C12H11F2NO2. The van der Waals surface area contributed by atoms with Crippen LogP contribution < -0.4 is 0 Å². The predicted molar refractivity (Wildman–Crippen MR) is 57.6 cm³/mol. The number of hydrogen-bond acceptors (Lipinski definition) is 3. The molecule has 0 aliphatic carbocycles. The SMILES string of the molecule is CC(C)C1N=C(c2c(F)cccc2F)OC1=O. The molecule has 0 N–H and O–H groups in total. The van der Waals surface area contributed by atoms with E-state index in [1.165, 1.54) is 6.07 Å². The molecule has 0 aromatic heterocycles. The van der Waals surface area contributed by atoms with Gasteiger partial charge in [-0.15, -0.1) is 0 Å². The zero-order valence-corrected chi connectivity index (χ0v) is 9.41. The van der Waals surface area contributed by atoms with Crippen LogP contribution in [0.4, 0.5) is 8.78 Å². The Balaban J connectivity index is 2.43. The third-order valence-electron chi connectivity index (χ3n) is 2.50. The molecule has 0 bridgehead atoms. The van der Waals surface area contributed by atoms with Gasteiger partial charge in [-0.2, -0.15) is 0 Å². The maximum atomic E-state index is 13.4. The first-order chi connectivity index (χ1) is 8.00. The highest BCUT2D eigenvalue weighted by Gasteiger charge is 2.34. The number of esters is 1. The predicted octanol–water partition coefficient (Wildman–Crippen LogP) is 2.29. The summed E-state index contributed by atoms with van der Waals surface area (Å²) in [5.74, 6) is -2.50. The second kappa shape index (κ2) is 4.24. The Hall–Kier alpha value is -1.78. The Morgan fingerprint density at radius 2 is 1.88 bits per heavy atom. The molecule has 3 nitrogen and oxygen atoms in total. The molecule has 1 atom stereocenters. The lowest BCUT2D eigenvalue weighted by Gasteiger charge is -2.04. The number of halogens is 2. The number of aliphatic imine (C=N–C) groups is 1. The first-order valence-electron chi connectivity index (χ1n) is 5.24. The van der Waals surface area contributed by atoms with Crippen molar-refractivity contribution in [3.05, 3.63) is 35.4 Å². The van der Waals surface area contributed by atoms with E-state index in [0.29, 0.717) is 0 Å². The van der Waals surface area contributed by atoms with Gasteiger partial charge in [-0.25, -0.2) is 18.6 Å². The Morgan fingerprint density at radius 3 is 2.35 bits per heavy atom. The number of carbonyl (C=O) groups is 1. The van der Waals surface area contributed by atoms with Gasteiger partial charge in [0.15, 0.2) is 6.04 Å². The molecule has 1 aliphatic rings. The Morgan fingerprint density at radius 1 is 1.29 bits per heavy atom. The molecule has 0 spiro atoms. The topological polar surface area (TPSA) is 38.7 Å². The van der Waals surface area contributed by atoms with Gasteiger partial charge in [0.25, 0.3) is 0 Å². The smallest absolute Gasteiger partial charge is 0.338 e. The third-order valence-corrected chi connectivity index (χ3v) is 2.50. The third kappa shape index (κ3) is 2.05. The van der Waals surface area contributed by atoms with Crippen LogP contribution in [-0.4, -0.2) is 17.9 Å². The molecule has 0 amide bonds. The van der Waals surface area contributed by atoms with Crippen LogP contribution in [0.3, 0.4) is 0 Å². The van der Waals surface area contributed by atoms with E-state index in [1.54, 1.807) is 13.8 Å². The van der Waals surface area contributed by atoms with E-state index in [4.69, 9.17) is 4.74 Å². The molecule has 1 aromatic rings. The molecule has 0 saturated heterocycles. The summed E-state index contributed by atoms with van der Waals surface area (Å²) in [5.41, 5.74) is -0.385. The maximum absolute atomic E-state index is 13.4. The fourth-order valence-corrected chi connectivity index (χ4v) is 1.60. The Bertz CT molecular complexity index is 477. The summed E-state index contributed by atoms with van der Waals surface area (Å²) in [6.45, 7) is 3.58. The van der Waals surface area contributed by atoms with Crippen molar-refractivity contribution >= 4 is 11.9 Å². The Kier molecular flexibility index (Phi) is 2.92. The molecule has 0 saturated carbocycles. The fraction of sp³-hybridized carbons (Fsp3) is 0.333. The van der Waals surface area contributed by atoms with Gasteiger partial charge in [-0.3, -0.25) is 0 Å². The second-order valence-electron chi connectivity index (χ2n) is 4.14. The van der Waals surface area contributed by atoms with Gasteiger partial charge in [-0.05, 0) is 18.1 Å². The monoisotopic (exact) mass is 239 g/mol. The normalized spacial score (nSPS) is 19.5. The van der Waals surface area contributed by atoms with Crippen LogP contribution in [0.2, 0.25) is 0 Å². The summed E-state index contributed by atoms with van der Waals surface area (Å²) >= 11 is 0. The van der Waals surface area contributed by atoms with Crippen molar-refractivity contribution in [2.75, 3.05) is 0 Å². The lowest BCUT2D eigenvalue weighted by atomic mass is 10.1. The van der Waals surface area contributed by atoms with Crippen LogP contribution in [0.5, 0.6) is 0 Å². The molecular weight excluding hydrogens is 228 g/mol. The van der Waals surface area contributed by atoms with Crippen molar-refractivity contribution in [1.29, 1.82) is 0 Å². The van der Waals surface area contributed by atoms with Gasteiger partial charge in [0.2, 0.25) is 5.90 Å². The van der Waals surface area contributed by atoms with Crippen molar-refractivity contribution < 1.29 is 18.3 Å². The number of carbonyl (C=O) groups excluding carboxylic acids is 1. The quantitative estimate of drug-likeness (QED) is 0.743. The lowest BCUT2D eigenvalue weighted by molar-refractivity contribution is -0.135. The van der Waals surface area contributed by atoms with E-state index in [-0.39, 0.29) is 17.4 Å². The summed E-state index contributed by atoms with van der Waals surface area (Å²) in [7, 11) is 0. The summed E-state index contributed by atoms with van der Waals surface area (Å²) < 4.78 is 31.7. The van der Waals surface area contributed by atoms with Gasteiger partial charge in [0, 0.05) is 0 Å². The van der Waals surface area contributed by atoms with Crippen molar-refractivity contribution in [3.8, 4) is 0 Å². The van der Waals surface area contributed by atoms with Gasteiger partial charge in [0.05, 0.1) is 0 Å². The number of hydrogen-bond donors (Lipinski definition) is 0. The van der Waals surface area contributed by atoms with E-state index in [0.717, 1.165) is 12.1 Å². The Labute approximate surface area is 97.1 Å². The minimum absolute atomic E-state index is 0.0742. The van der Waals surface area contributed by atoms with E-state index in [2.05, 4.69) is 4.99 Å². The van der Waals surface area contributed by atoms with E-state index in [1.807, 2.05) is 0 Å². The van der Waals surface area contributed by atoms with Crippen LogP contribution in [0.15, 0.2) is 23.2 Å². The van der Waals surface area contributed by atoms with E-state index in [9.17, 15) is 13.6 Å². The van der Waals surface area contributed by atoms with Crippen molar-refractivity contribution in [2.45, 2.75) is 19.9 Å². The lowest BCUT2D eigenvalue weighted by Crippen LogP contribution is -2.20. The molecule has 1 aromatic carbocycles. The highest BCUT2D eigenvalue weighted by atomic mass is 19.1. The number of benzene rings is 1. The molecule has 5 heteroatoms. The average molecular weight is 239 g/mol. The molecule has 1 aliphatic heterocycles. The van der Waals surface area contributed by atoms with Gasteiger partial charge in [-0.1, -0.05) is 19.9 Å². The van der Waals surface area contributed by atoms with Gasteiger partial charge >= 0.3 is 5.97 Å². The second-order valence-corrected chi connectivity index (χ2v) is 4.14. The van der Waals surface area contributed by atoms with Gasteiger partial charge in [0.1, 0.15) is 17.2 Å².